The maximum absolute atomic E-state index is 5.57. The molecule has 17 heavy (non-hydrogen) atoms. The molecule has 1 aliphatic carbocycles. The molecule has 0 heterocycles. The third kappa shape index (κ3) is 3.07. The van der Waals surface area contributed by atoms with Crippen molar-refractivity contribution >= 4 is 21.8 Å². The van der Waals surface area contributed by atoms with Gasteiger partial charge < -0.3 is 5.43 Å². The van der Waals surface area contributed by atoms with Crippen molar-refractivity contribution in [2.45, 2.75) is 38.6 Å². The summed E-state index contributed by atoms with van der Waals surface area (Å²) in [6.45, 7) is 2.07. The zero-order valence-electron chi connectivity index (χ0n) is 10.0. The van der Waals surface area contributed by atoms with E-state index in [9.17, 15) is 0 Å². The number of halogens is 1. The first-order valence-corrected chi connectivity index (χ1v) is 6.81. The molecule has 2 rings (SSSR count). The Hall–Kier alpha value is -0.870. The van der Waals surface area contributed by atoms with Crippen LogP contribution in [0.1, 0.15) is 36.8 Å². The van der Waals surface area contributed by atoms with E-state index in [-0.39, 0.29) is 0 Å². The van der Waals surface area contributed by atoms with E-state index < -0.39 is 0 Å². The number of nitrogens with one attached hydrogen (secondary N) is 1. The summed E-state index contributed by atoms with van der Waals surface area (Å²) in [5.74, 6) is 6.36. The van der Waals surface area contributed by atoms with Gasteiger partial charge in [0.25, 0.3) is 0 Å². The topological polar surface area (TPSA) is 50.4 Å². The number of benzene rings is 1. The van der Waals surface area contributed by atoms with Crippen LogP contribution in [0.15, 0.2) is 27.7 Å². The molecule has 4 heteroatoms. The van der Waals surface area contributed by atoms with Crippen LogP contribution in [0.3, 0.4) is 0 Å². The second-order valence-corrected chi connectivity index (χ2v) is 5.38. The SMILES string of the molecule is Cc1ccc(C(=NC2CCCC2)NN)cc1Br. The Bertz CT molecular complexity index is 423. The van der Waals surface area contributed by atoms with E-state index in [1.807, 2.05) is 6.07 Å². The lowest BCUT2D eigenvalue weighted by atomic mass is 10.1. The van der Waals surface area contributed by atoms with Crippen molar-refractivity contribution in [3.8, 4) is 0 Å². The normalized spacial score (nSPS) is 17.5. The lowest BCUT2D eigenvalue weighted by molar-refractivity contribution is 0.701. The predicted molar refractivity (Wildman–Crippen MR) is 75.0 cm³/mol. The Kier molecular flexibility index (Phi) is 4.18. The molecular formula is C13H18BrN3. The predicted octanol–water partition coefficient (Wildman–Crippen LogP) is 2.91. The molecule has 0 saturated heterocycles. The smallest absolute Gasteiger partial charge is 0.142 e. The Morgan fingerprint density at radius 1 is 1.41 bits per heavy atom. The molecule has 0 unspecified atom stereocenters. The fourth-order valence-electron chi connectivity index (χ4n) is 2.15. The zero-order valence-corrected chi connectivity index (χ0v) is 11.6. The van der Waals surface area contributed by atoms with E-state index in [4.69, 9.17) is 10.8 Å². The largest absolute Gasteiger partial charge is 0.308 e. The van der Waals surface area contributed by atoms with Gasteiger partial charge in [-0.1, -0.05) is 40.9 Å². The second kappa shape index (κ2) is 5.65. The van der Waals surface area contributed by atoms with Crippen LogP contribution in [-0.4, -0.2) is 11.9 Å². The highest BCUT2D eigenvalue weighted by Crippen LogP contribution is 2.22. The van der Waals surface area contributed by atoms with Crippen LogP contribution in [0.4, 0.5) is 0 Å². The maximum atomic E-state index is 5.57. The van der Waals surface area contributed by atoms with E-state index in [1.165, 1.54) is 31.2 Å². The van der Waals surface area contributed by atoms with Crippen molar-refractivity contribution in [2.75, 3.05) is 0 Å². The molecule has 1 aromatic rings. The molecule has 1 aromatic carbocycles. The maximum Gasteiger partial charge on any atom is 0.142 e. The zero-order chi connectivity index (χ0) is 12.3. The van der Waals surface area contributed by atoms with E-state index in [0.717, 1.165) is 15.9 Å². The van der Waals surface area contributed by atoms with Crippen molar-refractivity contribution in [1.82, 2.24) is 5.43 Å². The van der Waals surface area contributed by atoms with Gasteiger partial charge in [0, 0.05) is 10.0 Å². The van der Waals surface area contributed by atoms with Crippen molar-refractivity contribution in [1.29, 1.82) is 0 Å². The summed E-state index contributed by atoms with van der Waals surface area (Å²) in [5, 5.41) is 0. The van der Waals surface area contributed by atoms with Gasteiger partial charge in [-0.3, -0.25) is 4.99 Å². The fraction of sp³-hybridized carbons (Fsp3) is 0.462. The van der Waals surface area contributed by atoms with E-state index in [1.54, 1.807) is 0 Å². The Morgan fingerprint density at radius 3 is 2.71 bits per heavy atom. The average Bonchev–Trinajstić information content (AvgIpc) is 2.82. The Morgan fingerprint density at radius 2 is 2.12 bits per heavy atom. The number of aliphatic imine (C=N–C) groups is 1. The third-order valence-electron chi connectivity index (χ3n) is 3.22. The number of hydrazine groups is 1. The highest BCUT2D eigenvalue weighted by atomic mass is 79.9. The molecule has 0 radical (unpaired) electrons. The van der Waals surface area contributed by atoms with Gasteiger partial charge in [0.05, 0.1) is 6.04 Å². The summed E-state index contributed by atoms with van der Waals surface area (Å²) in [7, 11) is 0. The van der Waals surface area contributed by atoms with Crippen LogP contribution >= 0.6 is 15.9 Å². The monoisotopic (exact) mass is 295 g/mol. The second-order valence-electron chi connectivity index (χ2n) is 4.52. The Labute approximate surface area is 111 Å². The lowest BCUT2D eigenvalue weighted by Gasteiger charge is -2.10. The minimum absolute atomic E-state index is 0.432. The van der Waals surface area contributed by atoms with Gasteiger partial charge in [-0.05, 0) is 31.4 Å². The summed E-state index contributed by atoms with van der Waals surface area (Å²) < 4.78 is 1.09. The van der Waals surface area contributed by atoms with Gasteiger partial charge in [-0.2, -0.15) is 0 Å². The van der Waals surface area contributed by atoms with Crippen LogP contribution in [0, 0.1) is 6.92 Å². The summed E-state index contributed by atoms with van der Waals surface area (Å²) in [6.07, 6.45) is 4.92. The van der Waals surface area contributed by atoms with Crippen LogP contribution in [0.5, 0.6) is 0 Å². The minimum atomic E-state index is 0.432. The van der Waals surface area contributed by atoms with Gasteiger partial charge in [0.2, 0.25) is 0 Å². The number of nitrogens with zero attached hydrogens (tertiary/aromatic N) is 1. The standard InChI is InChI=1S/C13H18BrN3/c1-9-6-7-10(8-12(9)14)13(17-15)16-11-4-2-3-5-11/h6-8,11H,2-5,15H2,1H3,(H,16,17). The number of rotatable bonds is 2. The van der Waals surface area contributed by atoms with Crippen molar-refractivity contribution in [2.24, 2.45) is 10.8 Å². The van der Waals surface area contributed by atoms with Gasteiger partial charge in [-0.25, -0.2) is 5.84 Å². The molecule has 1 aliphatic rings. The molecule has 0 aromatic heterocycles. The number of nitrogens with two attached hydrogens (primary N) is 1. The van der Waals surface area contributed by atoms with E-state index in [2.05, 4.69) is 40.4 Å². The van der Waals surface area contributed by atoms with Crippen LogP contribution in [0.2, 0.25) is 0 Å². The van der Waals surface area contributed by atoms with E-state index in [0.29, 0.717) is 6.04 Å². The summed E-state index contributed by atoms with van der Waals surface area (Å²) in [4.78, 5) is 4.69. The highest BCUT2D eigenvalue weighted by Gasteiger charge is 2.15. The molecule has 3 nitrogen and oxygen atoms in total. The lowest BCUT2D eigenvalue weighted by Crippen LogP contribution is -2.32. The summed E-state index contributed by atoms with van der Waals surface area (Å²) >= 11 is 3.53. The average molecular weight is 296 g/mol. The van der Waals surface area contributed by atoms with Crippen molar-refractivity contribution in [3.63, 3.8) is 0 Å². The molecule has 0 aliphatic heterocycles. The van der Waals surface area contributed by atoms with Gasteiger partial charge in [0.15, 0.2) is 0 Å². The Balaban J connectivity index is 2.24. The van der Waals surface area contributed by atoms with Crippen LogP contribution < -0.4 is 11.3 Å². The molecule has 1 fully saturated rings. The number of hydrogen-bond acceptors (Lipinski definition) is 2. The molecule has 92 valence electrons. The quantitative estimate of drug-likeness (QED) is 0.381. The van der Waals surface area contributed by atoms with Crippen molar-refractivity contribution < 1.29 is 0 Å². The van der Waals surface area contributed by atoms with E-state index >= 15 is 0 Å². The van der Waals surface area contributed by atoms with Crippen LogP contribution in [0.25, 0.3) is 0 Å². The summed E-state index contributed by atoms with van der Waals surface area (Å²) in [5.41, 5.74) is 4.97. The number of aryl methyl sites for hydroxylation is 1. The van der Waals surface area contributed by atoms with Gasteiger partial charge >= 0.3 is 0 Å². The minimum Gasteiger partial charge on any atom is -0.308 e. The van der Waals surface area contributed by atoms with Crippen LogP contribution in [-0.2, 0) is 0 Å². The van der Waals surface area contributed by atoms with Gasteiger partial charge in [-0.15, -0.1) is 0 Å². The fourth-order valence-corrected chi connectivity index (χ4v) is 2.53. The molecule has 0 amide bonds. The molecule has 0 bridgehead atoms. The summed E-state index contributed by atoms with van der Waals surface area (Å²) in [6, 6.07) is 6.61. The van der Waals surface area contributed by atoms with Crippen molar-refractivity contribution in [3.05, 3.63) is 33.8 Å². The highest BCUT2D eigenvalue weighted by molar-refractivity contribution is 9.10. The molecule has 3 N–H and O–H groups in total. The van der Waals surface area contributed by atoms with Gasteiger partial charge in [0.1, 0.15) is 5.84 Å². The number of amidine groups is 1. The first-order chi connectivity index (χ1) is 8.20. The first kappa shape index (κ1) is 12.6. The molecular weight excluding hydrogens is 278 g/mol. The number of hydrogen-bond donors (Lipinski definition) is 2. The molecule has 0 atom stereocenters. The molecule has 0 spiro atoms. The third-order valence-corrected chi connectivity index (χ3v) is 4.07. The first-order valence-electron chi connectivity index (χ1n) is 6.01. The molecule has 1 saturated carbocycles.